The molecule has 1 N–H and O–H groups in total. The van der Waals surface area contributed by atoms with Crippen LogP contribution in [0.2, 0.25) is 0 Å². The van der Waals surface area contributed by atoms with Crippen LogP contribution in [0, 0.1) is 13.8 Å². The minimum Gasteiger partial charge on any atom is -0.492 e. The number of piperidine rings is 1. The molecule has 1 aliphatic heterocycles. The van der Waals surface area contributed by atoms with Crippen molar-refractivity contribution in [2.24, 2.45) is 0 Å². The van der Waals surface area contributed by atoms with Crippen molar-refractivity contribution in [2.45, 2.75) is 38.0 Å². The van der Waals surface area contributed by atoms with Gasteiger partial charge >= 0.3 is 0 Å². The fourth-order valence-electron chi connectivity index (χ4n) is 4.00. The molecule has 0 radical (unpaired) electrons. The highest BCUT2D eigenvalue weighted by Gasteiger charge is 2.26. The first-order valence-corrected chi connectivity index (χ1v) is 14.8. The van der Waals surface area contributed by atoms with E-state index < -0.39 is 26.0 Å². The lowest BCUT2D eigenvalue weighted by Gasteiger charge is -2.25. The minimum absolute atomic E-state index is 0.145. The molecule has 0 atom stereocenters. The van der Waals surface area contributed by atoms with Crippen molar-refractivity contribution in [3.8, 4) is 5.75 Å². The normalized spacial score (nSPS) is 14.9. The Morgan fingerprint density at radius 1 is 0.971 bits per heavy atom. The zero-order valence-corrected chi connectivity index (χ0v) is 22.0. The van der Waals surface area contributed by atoms with Crippen LogP contribution in [0.15, 0.2) is 47.4 Å². The Bertz CT molecular complexity index is 1220. The van der Waals surface area contributed by atoms with Crippen molar-refractivity contribution in [2.75, 3.05) is 43.3 Å². The number of nitrogens with one attached hydrogen (secondary N) is 1. The van der Waals surface area contributed by atoms with E-state index >= 15 is 0 Å². The first-order valence-electron chi connectivity index (χ1n) is 11.5. The standard InChI is InChI=1S/C24H33N3O6S2/c1-19-15-20(2)17-21(16-19)27(34(3,29)30)18-24(28)25-11-14-33-22-7-9-23(10-8-22)35(31,32)26-12-5-4-6-13-26/h7-10,15-17H,4-6,11-14,18H2,1-3H3,(H,25,28). The molecule has 192 valence electrons. The highest BCUT2D eigenvalue weighted by Crippen LogP contribution is 2.23. The number of aryl methyl sites for hydroxylation is 2. The second kappa shape index (κ2) is 11.4. The van der Waals surface area contributed by atoms with Gasteiger partial charge in [-0.25, -0.2) is 16.8 Å². The molecular weight excluding hydrogens is 490 g/mol. The van der Waals surface area contributed by atoms with E-state index in [2.05, 4.69) is 5.32 Å². The van der Waals surface area contributed by atoms with Crippen LogP contribution in [0.3, 0.4) is 0 Å². The molecule has 0 saturated carbocycles. The average molecular weight is 524 g/mol. The summed E-state index contributed by atoms with van der Waals surface area (Å²) in [6.07, 6.45) is 3.86. The van der Waals surface area contributed by atoms with Crippen LogP contribution in [-0.2, 0) is 24.8 Å². The number of rotatable bonds is 10. The molecule has 1 heterocycles. The topological polar surface area (TPSA) is 113 Å². The summed E-state index contributed by atoms with van der Waals surface area (Å²) < 4.78 is 58.2. The van der Waals surface area contributed by atoms with Crippen LogP contribution in [-0.4, -0.2) is 66.1 Å². The Morgan fingerprint density at radius 3 is 2.14 bits per heavy atom. The lowest BCUT2D eigenvalue weighted by atomic mass is 10.1. The Morgan fingerprint density at radius 2 is 1.57 bits per heavy atom. The van der Waals surface area contributed by atoms with Gasteiger partial charge < -0.3 is 10.1 Å². The lowest BCUT2D eigenvalue weighted by Crippen LogP contribution is -2.41. The van der Waals surface area contributed by atoms with Crippen molar-refractivity contribution in [1.29, 1.82) is 0 Å². The van der Waals surface area contributed by atoms with Gasteiger partial charge in [-0.1, -0.05) is 12.5 Å². The third-order valence-electron chi connectivity index (χ3n) is 5.65. The highest BCUT2D eigenvalue weighted by molar-refractivity contribution is 7.92. The quantitative estimate of drug-likeness (QED) is 0.479. The third kappa shape index (κ3) is 7.42. The summed E-state index contributed by atoms with van der Waals surface area (Å²) in [5.41, 5.74) is 2.24. The monoisotopic (exact) mass is 523 g/mol. The average Bonchev–Trinajstić information content (AvgIpc) is 2.80. The molecule has 0 spiro atoms. The third-order valence-corrected chi connectivity index (χ3v) is 8.70. The molecule has 3 rings (SSSR count). The largest absolute Gasteiger partial charge is 0.492 e. The number of hydrogen-bond donors (Lipinski definition) is 1. The second-order valence-electron chi connectivity index (χ2n) is 8.75. The second-order valence-corrected chi connectivity index (χ2v) is 12.6. The number of carbonyl (C=O) groups excluding carboxylic acids is 1. The Balaban J connectivity index is 1.51. The van der Waals surface area contributed by atoms with Gasteiger partial charge in [0.1, 0.15) is 18.9 Å². The first kappa shape index (κ1) is 27.0. The Hall–Kier alpha value is -2.63. The van der Waals surface area contributed by atoms with E-state index in [1.807, 2.05) is 19.9 Å². The first-order chi connectivity index (χ1) is 16.5. The summed E-state index contributed by atoms with van der Waals surface area (Å²) in [5.74, 6) is 0.0194. The van der Waals surface area contributed by atoms with Gasteiger partial charge in [-0.05, 0) is 74.2 Å². The van der Waals surface area contributed by atoms with Gasteiger partial charge in [-0.2, -0.15) is 4.31 Å². The molecule has 2 aromatic rings. The van der Waals surface area contributed by atoms with Crippen molar-refractivity contribution in [3.05, 3.63) is 53.6 Å². The van der Waals surface area contributed by atoms with Crippen LogP contribution in [0.1, 0.15) is 30.4 Å². The number of carbonyl (C=O) groups is 1. The smallest absolute Gasteiger partial charge is 0.243 e. The molecule has 35 heavy (non-hydrogen) atoms. The molecule has 0 bridgehead atoms. The SMILES string of the molecule is Cc1cc(C)cc(N(CC(=O)NCCOc2ccc(S(=O)(=O)N3CCCCC3)cc2)S(C)(=O)=O)c1. The molecule has 1 amide bonds. The predicted molar refractivity (Wildman–Crippen MR) is 136 cm³/mol. The Kier molecular flexibility index (Phi) is 8.79. The van der Waals surface area contributed by atoms with Crippen molar-refractivity contribution >= 4 is 31.6 Å². The molecule has 0 aliphatic carbocycles. The zero-order chi connectivity index (χ0) is 25.6. The zero-order valence-electron chi connectivity index (χ0n) is 20.4. The highest BCUT2D eigenvalue weighted by atomic mass is 32.2. The van der Waals surface area contributed by atoms with Crippen LogP contribution in [0.25, 0.3) is 0 Å². The van der Waals surface area contributed by atoms with Crippen LogP contribution in [0.5, 0.6) is 5.75 Å². The number of hydrogen-bond acceptors (Lipinski definition) is 6. The maximum absolute atomic E-state index is 12.7. The van der Waals surface area contributed by atoms with Gasteiger partial charge in [0.2, 0.25) is 26.0 Å². The molecule has 2 aromatic carbocycles. The van der Waals surface area contributed by atoms with Crippen LogP contribution in [0.4, 0.5) is 5.69 Å². The number of benzene rings is 2. The van der Waals surface area contributed by atoms with E-state index in [0.717, 1.165) is 41.0 Å². The van der Waals surface area contributed by atoms with Gasteiger partial charge in [-0.15, -0.1) is 0 Å². The maximum atomic E-state index is 12.7. The van der Waals surface area contributed by atoms with Gasteiger partial charge in [0.05, 0.1) is 23.4 Å². The molecule has 1 saturated heterocycles. The number of nitrogens with zero attached hydrogens (tertiary/aromatic N) is 2. The van der Waals surface area contributed by atoms with Gasteiger partial charge in [-0.3, -0.25) is 9.10 Å². The number of ether oxygens (including phenoxy) is 1. The molecule has 9 nitrogen and oxygen atoms in total. The summed E-state index contributed by atoms with van der Waals surface area (Å²) in [6.45, 7) is 4.78. The summed E-state index contributed by atoms with van der Waals surface area (Å²) in [5, 5.41) is 2.66. The predicted octanol–water partition coefficient (Wildman–Crippen LogP) is 2.44. The van der Waals surface area contributed by atoms with Crippen LogP contribution >= 0.6 is 0 Å². The lowest BCUT2D eigenvalue weighted by molar-refractivity contribution is -0.119. The van der Waals surface area contributed by atoms with E-state index in [-0.39, 0.29) is 24.6 Å². The molecular formula is C24H33N3O6S2. The summed E-state index contributed by atoms with van der Waals surface area (Å²) >= 11 is 0. The molecule has 0 aromatic heterocycles. The molecule has 11 heteroatoms. The van der Waals surface area contributed by atoms with Crippen molar-refractivity contribution < 1.29 is 26.4 Å². The summed E-state index contributed by atoms with van der Waals surface area (Å²) in [7, 11) is -7.16. The van der Waals surface area contributed by atoms with E-state index in [1.165, 1.54) is 16.4 Å². The number of anilines is 1. The molecule has 0 unspecified atom stereocenters. The fraction of sp³-hybridized carbons (Fsp3) is 0.458. The molecule has 1 fully saturated rings. The van der Waals surface area contributed by atoms with Crippen molar-refractivity contribution in [3.63, 3.8) is 0 Å². The van der Waals surface area contributed by atoms with Gasteiger partial charge in [0, 0.05) is 13.1 Å². The Labute approximate surface area is 208 Å². The number of sulfonamides is 2. The van der Waals surface area contributed by atoms with E-state index in [9.17, 15) is 21.6 Å². The van der Waals surface area contributed by atoms with Gasteiger partial charge in [0.15, 0.2) is 0 Å². The van der Waals surface area contributed by atoms with Crippen molar-refractivity contribution in [1.82, 2.24) is 9.62 Å². The van der Waals surface area contributed by atoms with E-state index in [1.54, 1.807) is 24.3 Å². The summed E-state index contributed by atoms with van der Waals surface area (Å²) in [6, 6.07) is 11.6. The van der Waals surface area contributed by atoms with Gasteiger partial charge in [0.25, 0.3) is 0 Å². The molecule has 1 aliphatic rings. The fourth-order valence-corrected chi connectivity index (χ4v) is 6.36. The minimum atomic E-state index is -3.66. The van der Waals surface area contributed by atoms with Crippen LogP contribution < -0.4 is 14.4 Å². The number of amides is 1. The van der Waals surface area contributed by atoms with E-state index in [4.69, 9.17) is 4.74 Å². The summed E-state index contributed by atoms with van der Waals surface area (Å²) in [4.78, 5) is 12.6. The van der Waals surface area contributed by atoms with E-state index in [0.29, 0.717) is 24.5 Å². The maximum Gasteiger partial charge on any atom is 0.243 e.